The Morgan fingerprint density at radius 3 is 2.63 bits per heavy atom. The van der Waals surface area contributed by atoms with Gasteiger partial charge in [0, 0.05) is 18.8 Å². The zero-order valence-electron chi connectivity index (χ0n) is 22.2. The zero-order chi connectivity index (χ0) is 26.5. The maximum absolute atomic E-state index is 14.5. The molecule has 0 radical (unpaired) electrons. The van der Waals surface area contributed by atoms with E-state index in [9.17, 15) is 14.4 Å². The van der Waals surface area contributed by atoms with Crippen molar-refractivity contribution in [1.29, 1.82) is 0 Å². The van der Waals surface area contributed by atoms with Gasteiger partial charge in [0.2, 0.25) is 17.7 Å². The number of nitrogens with one attached hydrogen (secondary N) is 1. The van der Waals surface area contributed by atoms with Crippen molar-refractivity contribution >= 4 is 23.4 Å². The number of likely N-dealkylation sites (tertiary alicyclic amines) is 2. The van der Waals surface area contributed by atoms with Gasteiger partial charge in [-0.1, -0.05) is 30.3 Å². The Labute approximate surface area is 223 Å². The van der Waals surface area contributed by atoms with Crippen molar-refractivity contribution in [3.63, 3.8) is 0 Å². The second kappa shape index (κ2) is 9.42. The highest BCUT2D eigenvalue weighted by Crippen LogP contribution is 2.57. The first-order valence-electron chi connectivity index (χ1n) is 13.8. The third-order valence-electron chi connectivity index (χ3n) is 8.90. The molecular formula is C30H36N4O4. The topological polar surface area (TPSA) is 82.2 Å². The summed E-state index contributed by atoms with van der Waals surface area (Å²) in [5.74, 6) is 0.430. The van der Waals surface area contributed by atoms with Crippen molar-refractivity contribution in [2.24, 2.45) is 0 Å². The number of amides is 3. The van der Waals surface area contributed by atoms with Gasteiger partial charge in [0.15, 0.2) is 0 Å². The molecule has 4 aliphatic rings. The van der Waals surface area contributed by atoms with E-state index in [1.165, 1.54) is 0 Å². The standard InChI is InChI=1S/C30H36N4O4/c1-29(2,32-15-5-6-16-32)27(36)33-17-13-30-23-11-3-4-12-24(23)34(28(30)37)20-25(35)31-14-8-18-38-22-10-7-9-21(19-22)26(30)33/h3-4,7,9-12,19,26H,5-6,8,13-18,20H2,1-2H3,(H,31,35)/t26-,30+/m0/s1. The fourth-order valence-electron chi connectivity index (χ4n) is 6.95. The zero-order valence-corrected chi connectivity index (χ0v) is 22.2. The highest BCUT2D eigenvalue weighted by Gasteiger charge is 2.62. The van der Waals surface area contributed by atoms with Crippen LogP contribution in [0.25, 0.3) is 0 Å². The van der Waals surface area contributed by atoms with E-state index in [0.717, 1.165) is 42.7 Å². The van der Waals surface area contributed by atoms with Crippen LogP contribution in [0, 0.1) is 0 Å². The molecule has 2 atom stereocenters. The molecule has 0 unspecified atom stereocenters. The van der Waals surface area contributed by atoms with Crippen molar-refractivity contribution in [1.82, 2.24) is 15.1 Å². The summed E-state index contributed by atoms with van der Waals surface area (Å²) < 4.78 is 6.03. The van der Waals surface area contributed by atoms with Crippen molar-refractivity contribution < 1.29 is 19.1 Å². The molecule has 1 spiro atoms. The number of fused-ring (bicyclic) bond motifs is 6. The molecule has 2 fully saturated rings. The van der Waals surface area contributed by atoms with E-state index in [1.807, 2.05) is 67.3 Å². The van der Waals surface area contributed by atoms with Crippen LogP contribution in [0.5, 0.6) is 5.75 Å². The van der Waals surface area contributed by atoms with Gasteiger partial charge in [-0.05, 0) is 81.9 Å². The van der Waals surface area contributed by atoms with Gasteiger partial charge in [0.1, 0.15) is 17.7 Å². The molecule has 8 heteroatoms. The first kappa shape index (κ1) is 24.9. The number of carbonyl (C=O) groups excluding carboxylic acids is 3. The summed E-state index contributed by atoms with van der Waals surface area (Å²) in [4.78, 5) is 47.6. The average Bonchev–Trinajstić information content (AvgIpc) is 3.64. The minimum Gasteiger partial charge on any atom is -0.494 e. The summed E-state index contributed by atoms with van der Waals surface area (Å²) >= 11 is 0. The average molecular weight is 517 g/mol. The Balaban J connectivity index is 1.51. The maximum atomic E-state index is 14.5. The van der Waals surface area contributed by atoms with Crippen LogP contribution in [0.15, 0.2) is 48.5 Å². The number of nitrogens with zero attached hydrogens (tertiary/aromatic N) is 3. The van der Waals surface area contributed by atoms with Crippen LogP contribution in [-0.4, -0.2) is 72.4 Å². The van der Waals surface area contributed by atoms with E-state index < -0.39 is 17.0 Å². The van der Waals surface area contributed by atoms with Crippen molar-refractivity contribution in [3.05, 3.63) is 59.7 Å². The number of para-hydroxylation sites is 1. The lowest BCUT2D eigenvalue weighted by Crippen LogP contribution is -2.56. The van der Waals surface area contributed by atoms with Gasteiger partial charge >= 0.3 is 0 Å². The molecule has 0 saturated carbocycles. The molecular weight excluding hydrogens is 480 g/mol. The third-order valence-corrected chi connectivity index (χ3v) is 8.90. The van der Waals surface area contributed by atoms with E-state index in [-0.39, 0.29) is 24.3 Å². The molecule has 0 aromatic heterocycles. The molecule has 2 aromatic carbocycles. The molecule has 1 N–H and O–H groups in total. The van der Waals surface area contributed by atoms with Crippen LogP contribution < -0.4 is 15.0 Å². The van der Waals surface area contributed by atoms with Gasteiger partial charge in [0.05, 0.1) is 18.2 Å². The molecule has 6 rings (SSSR count). The molecule has 3 amide bonds. The van der Waals surface area contributed by atoms with E-state index in [0.29, 0.717) is 38.3 Å². The Hall–Kier alpha value is -3.39. The fourth-order valence-corrected chi connectivity index (χ4v) is 6.95. The van der Waals surface area contributed by atoms with Crippen LogP contribution in [0.4, 0.5) is 5.69 Å². The lowest BCUT2D eigenvalue weighted by molar-refractivity contribution is -0.144. The second-order valence-corrected chi connectivity index (χ2v) is 11.4. The molecule has 4 bridgehead atoms. The Kier molecular flexibility index (Phi) is 6.17. The van der Waals surface area contributed by atoms with Crippen LogP contribution in [0.3, 0.4) is 0 Å². The summed E-state index contributed by atoms with van der Waals surface area (Å²) in [6.45, 7) is 7.18. The Morgan fingerprint density at radius 2 is 1.82 bits per heavy atom. The molecule has 0 aliphatic carbocycles. The molecule has 4 aliphatic heterocycles. The van der Waals surface area contributed by atoms with Gasteiger partial charge in [-0.2, -0.15) is 0 Å². The highest BCUT2D eigenvalue weighted by molar-refractivity contribution is 6.12. The van der Waals surface area contributed by atoms with E-state index in [4.69, 9.17) is 4.74 Å². The minimum atomic E-state index is -0.976. The van der Waals surface area contributed by atoms with Crippen molar-refractivity contribution in [3.8, 4) is 5.75 Å². The smallest absolute Gasteiger partial charge is 0.243 e. The minimum absolute atomic E-state index is 0.0372. The number of anilines is 1. The van der Waals surface area contributed by atoms with Crippen LogP contribution >= 0.6 is 0 Å². The summed E-state index contributed by atoms with van der Waals surface area (Å²) in [5.41, 5.74) is 0.871. The quantitative estimate of drug-likeness (QED) is 0.664. The fraction of sp³-hybridized carbons (Fsp3) is 0.500. The number of hydrogen-bond donors (Lipinski definition) is 1. The molecule has 4 heterocycles. The summed E-state index contributed by atoms with van der Waals surface area (Å²) in [6, 6.07) is 15.1. The monoisotopic (exact) mass is 516 g/mol. The van der Waals surface area contributed by atoms with Gasteiger partial charge in [0.25, 0.3) is 0 Å². The number of hydrogen-bond acceptors (Lipinski definition) is 5. The van der Waals surface area contributed by atoms with Gasteiger partial charge < -0.3 is 19.9 Å². The molecule has 200 valence electrons. The molecule has 2 saturated heterocycles. The number of ether oxygens (including phenoxy) is 1. The predicted molar refractivity (Wildman–Crippen MR) is 144 cm³/mol. The van der Waals surface area contributed by atoms with Crippen LogP contribution in [0.2, 0.25) is 0 Å². The number of benzene rings is 2. The normalized spacial score (nSPS) is 25.9. The second-order valence-electron chi connectivity index (χ2n) is 11.4. The largest absolute Gasteiger partial charge is 0.494 e. The van der Waals surface area contributed by atoms with Crippen molar-refractivity contribution in [2.75, 3.05) is 44.2 Å². The highest BCUT2D eigenvalue weighted by atomic mass is 16.5. The predicted octanol–water partition coefficient (Wildman–Crippen LogP) is 3.02. The number of carbonyl (C=O) groups is 3. The summed E-state index contributed by atoms with van der Waals surface area (Å²) in [6.07, 6.45) is 3.33. The van der Waals surface area contributed by atoms with E-state index in [2.05, 4.69) is 10.2 Å². The van der Waals surface area contributed by atoms with Crippen LogP contribution in [-0.2, 0) is 19.8 Å². The summed E-state index contributed by atoms with van der Waals surface area (Å²) in [5, 5.41) is 2.93. The first-order valence-corrected chi connectivity index (χ1v) is 13.8. The number of rotatable bonds is 2. The van der Waals surface area contributed by atoms with E-state index >= 15 is 0 Å². The lowest BCUT2D eigenvalue weighted by Gasteiger charge is -2.41. The van der Waals surface area contributed by atoms with Gasteiger partial charge in [-0.3, -0.25) is 19.3 Å². The summed E-state index contributed by atoms with van der Waals surface area (Å²) in [7, 11) is 0. The SMILES string of the molecule is CC(C)(C(=O)N1CC[C@]23C(=O)N(CC(=O)NCCCOc4cccc(c4)[C@H]12)c1ccccc13)N1CCCC1. The maximum Gasteiger partial charge on any atom is 0.243 e. The first-order chi connectivity index (χ1) is 18.3. The molecule has 2 aromatic rings. The third kappa shape index (κ3) is 3.80. The Bertz CT molecular complexity index is 1270. The lowest BCUT2D eigenvalue weighted by atomic mass is 9.72. The van der Waals surface area contributed by atoms with Crippen LogP contribution in [0.1, 0.15) is 56.7 Å². The Morgan fingerprint density at radius 1 is 1.03 bits per heavy atom. The molecule has 38 heavy (non-hydrogen) atoms. The van der Waals surface area contributed by atoms with Gasteiger partial charge in [-0.25, -0.2) is 0 Å². The molecule has 8 nitrogen and oxygen atoms in total. The van der Waals surface area contributed by atoms with Crippen molar-refractivity contribution in [2.45, 2.75) is 56.5 Å². The van der Waals surface area contributed by atoms with Gasteiger partial charge in [-0.15, -0.1) is 0 Å². The van der Waals surface area contributed by atoms with E-state index in [1.54, 1.807) is 4.90 Å².